The zero-order valence-electron chi connectivity index (χ0n) is 13.4. The third-order valence-corrected chi connectivity index (χ3v) is 4.61. The van der Waals surface area contributed by atoms with E-state index in [-0.39, 0.29) is 0 Å². The molecule has 0 bridgehead atoms. The highest BCUT2D eigenvalue weighted by atomic mass is 15.2. The monoisotopic (exact) mass is 274 g/mol. The fraction of sp³-hybridized carbons (Fsp3) is 0.667. The molecule has 1 aromatic carbocycles. The predicted octanol–water partition coefficient (Wildman–Crippen LogP) is 3.63. The molecular weight excluding hydrogens is 244 g/mol. The van der Waals surface area contributed by atoms with Crippen LogP contribution >= 0.6 is 0 Å². The maximum absolute atomic E-state index is 2.73. The van der Waals surface area contributed by atoms with Crippen molar-refractivity contribution in [2.24, 2.45) is 5.92 Å². The van der Waals surface area contributed by atoms with Gasteiger partial charge in [-0.05, 0) is 50.9 Å². The van der Waals surface area contributed by atoms with E-state index >= 15 is 0 Å². The molecule has 2 aliphatic heterocycles. The summed E-state index contributed by atoms with van der Waals surface area (Å²) in [6, 6.07) is 11.8. The molecule has 2 heteroatoms. The van der Waals surface area contributed by atoms with Gasteiger partial charge in [-0.3, -0.25) is 4.90 Å². The molecule has 0 aromatic heterocycles. The largest absolute Gasteiger partial charge is 0.306 e. The van der Waals surface area contributed by atoms with Gasteiger partial charge in [0.2, 0.25) is 0 Å². The van der Waals surface area contributed by atoms with Gasteiger partial charge in [0.15, 0.2) is 0 Å². The molecule has 0 spiro atoms. The quantitative estimate of drug-likeness (QED) is 0.812. The SMILES string of the molecule is CC.CN1CCC2C(CCCN2Cc2ccccc2)C1. The minimum atomic E-state index is 0.829. The summed E-state index contributed by atoms with van der Waals surface area (Å²) in [4.78, 5) is 5.24. The first-order valence-corrected chi connectivity index (χ1v) is 8.29. The van der Waals surface area contributed by atoms with E-state index in [4.69, 9.17) is 0 Å². The Balaban J connectivity index is 0.000000704. The molecule has 2 aliphatic rings. The summed E-state index contributed by atoms with van der Waals surface area (Å²) < 4.78 is 0. The Morgan fingerprint density at radius 3 is 2.55 bits per heavy atom. The molecule has 2 nitrogen and oxygen atoms in total. The Kier molecular flexibility index (Phi) is 6.06. The summed E-state index contributed by atoms with van der Waals surface area (Å²) in [7, 11) is 2.27. The van der Waals surface area contributed by atoms with E-state index < -0.39 is 0 Å². The molecule has 0 amide bonds. The Labute approximate surface area is 124 Å². The van der Waals surface area contributed by atoms with Gasteiger partial charge in [0.05, 0.1) is 0 Å². The summed E-state index contributed by atoms with van der Waals surface area (Å²) in [6.45, 7) is 9.01. The number of hydrogen-bond donors (Lipinski definition) is 0. The lowest BCUT2D eigenvalue weighted by molar-refractivity contribution is 0.0266. The standard InChI is InChI=1S/C16H24N2.C2H6/c1-17-11-9-16-15(13-17)8-5-10-18(16)12-14-6-3-2-4-7-14;1-2/h2-4,6-7,15-16H,5,8-13H2,1H3;1-2H3. The van der Waals surface area contributed by atoms with Crippen LogP contribution in [0.1, 0.15) is 38.7 Å². The first kappa shape index (κ1) is 15.5. The molecule has 0 aliphatic carbocycles. The van der Waals surface area contributed by atoms with Gasteiger partial charge in [-0.1, -0.05) is 44.2 Å². The maximum Gasteiger partial charge on any atom is 0.0236 e. The smallest absolute Gasteiger partial charge is 0.0236 e. The summed E-state index contributed by atoms with van der Waals surface area (Å²) in [5, 5.41) is 0. The number of hydrogen-bond acceptors (Lipinski definition) is 2. The van der Waals surface area contributed by atoms with Crippen LogP contribution in [-0.2, 0) is 6.54 Å². The van der Waals surface area contributed by atoms with Gasteiger partial charge in [0.1, 0.15) is 0 Å². The summed E-state index contributed by atoms with van der Waals surface area (Å²) in [5.41, 5.74) is 1.47. The molecule has 2 fully saturated rings. The highest BCUT2D eigenvalue weighted by Crippen LogP contribution is 2.30. The Bertz CT molecular complexity index is 376. The number of benzene rings is 1. The molecule has 1 aromatic rings. The first-order valence-electron chi connectivity index (χ1n) is 8.29. The average molecular weight is 274 g/mol. The molecule has 2 atom stereocenters. The Hall–Kier alpha value is -0.860. The van der Waals surface area contributed by atoms with E-state index in [2.05, 4.69) is 47.2 Å². The number of fused-ring (bicyclic) bond motifs is 1. The molecule has 3 rings (SSSR count). The van der Waals surface area contributed by atoms with Crippen LogP contribution in [0.4, 0.5) is 0 Å². The van der Waals surface area contributed by atoms with Crippen molar-refractivity contribution in [3.63, 3.8) is 0 Å². The van der Waals surface area contributed by atoms with Crippen LogP contribution in [0.2, 0.25) is 0 Å². The second kappa shape index (κ2) is 7.80. The van der Waals surface area contributed by atoms with E-state index in [1.807, 2.05) is 13.8 Å². The number of nitrogens with zero attached hydrogens (tertiary/aromatic N) is 2. The van der Waals surface area contributed by atoms with Crippen LogP contribution in [0.5, 0.6) is 0 Å². The molecule has 0 radical (unpaired) electrons. The van der Waals surface area contributed by atoms with Gasteiger partial charge < -0.3 is 4.90 Å². The van der Waals surface area contributed by atoms with E-state index in [9.17, 15) is 0 Å². The lowest BCUT2D eigenvalue weighted by Gasteiger charge is -2.46. The lowest BCUT2D eigenvalue weighted by atomic mass is 9.84. The predicted molar refractivity (Wildman–Crippen MR) is 86.8 cm³/mol. The molecule has 2 unspecified atom stereocenters. The highest BCUT2D eigenvalue weighted by molar-refractivity contribution is 5.15. The number of rotatable bonds is 2. The Morgan fingerprint density at radius 2 is 1.80 bits per heavy atom. The lowest BCUT2D eigenvalue weighted by Crippen LogP contribution is -2.52. The van der Waals surface area contributed by atoms with Crippen molar-refractivity contribution in [1.82, 2.24) is 9.80 Å². The molecule has 0 saturated carbocycles. The van der Waals surface area contributed by atoms with Crippen LogP contribution in [0, 0.1) is 5.92 Å². The molecule has 2 heterocycles. The first-order chi connectivity index (χ1) is 9.83. The van der Waals surface area contributed by atoms with Crippen LogP contribution < -0.4 is 0 Å². The zero-order chi connectivity index (χ0) is 14.4. The van der Waals surface area contributed by atoms with Crippen molar-refractivity contribution < 1.29 is 0 Å². The van der Waals surface area contributed by atoms with Crippen molar-refractivity contribution in [2.45, 2.75) is 45.7 Å². The Morgan fingerprint density at radius 1 is 1.05 bits per heavy atom. The summed E-state index contributed by atoms with van der Waals surface area (Å²) in [5.74, 6) is 0.904. The number of piperidine rings is 2. The molecular formula is C18H30N2. The van der Waals surface area contributed by atoms with Gasteiger partial charge in [0.25, 0.3) is 0 Å². The number of likely N-dealkylation sites (tertiary alicyclic amines) is 2. The van der Waals surface area contributed by atoms with E-state index in [0.717, 1.165) is 18.5 Å². The van der Waals surface area contributed by atoms with E-state index in [0.29, 0.717) is 0 Å². The van der Waals surface area contributed by atoms with Crippen LogP contribution in [0.15, 0.2) is 30.3 Å². The third-order valence-electron chi connectivity index (χ3n) is 4.61. The fourth-order valence-corrected chi connectivity index (χ4v) is 3.70. The van der Waals surface area contributed by atoms with E-state index in [1.54, 1.807) is 0 Å². The van der Waals surface area contributed by atoms with E-state index in [1.165, 1.54) is 44.5 Å². The second-order valence-electron chi connectivity index (χ2n) is 5.98. The highest BCUT2D eigenvalue weighted by Gasteiger charge is 2.34. The van der Waals surface area contributed by atoms with Gasteiger partial charge in [0, 0.05) is 19.1 Å². The van der Waals surface area contributed by atoms with Crippen LogP contribution in [0.25, 0.3) is 0 Å². The minimum absolute atomic E-state index is 0.829. The maximum atomic E-state index is 2.73. The second-order valence-corrected chi connectivity index (χ2v) is 5.98. The molecule has 20 heavy (non-hydrogen) atoms. The van der Waals surface area contributed by atoms with Crippen molar-refractivity contribution in [2.75, 3.05) is 26.7 Å². The van der Waals surface area contributed by atoms with Crippen molar-refractivity contribution in [3.8, 4) is 0 Å². The molecule has 112 valence electrons. The molecule has 2 saturated heterocycles. The summed E-state index contributed by atoms with van der Waals surface area (Å²) >= 11 is 0. The van der Waals surface area contributed by atoms with Crippen LogP contribution in [0.3, 0.4) is 0 Å². The third kappa shape index (κ3) is 3.83. The zero-order valence-corrected chi connectivity index (χ0v) is 13.4. The average Bonchev–Trinajstić information content (AvgIpc) is 2.50. The van der Waals surface area contributed by atoms with Crippen molar-refractivity contribution >= 4 is 0 Å². The molecule has 0 N–H and O–H groups in total. The fourth-order valence-electron chi connectivity index (χ4n) is 3.70. The minimum Gasteiger partial charge on any atom is -0.306 e. The topological polar surface area (TPSA) is 6.48 Å². The van der Waals surface area contributed by atoms with Gasteiger partial charge in [-0.2, -0.15) is 0 Å². The van der Waals surface area contributed by atoms with Crippen molar-refractivity contribution in [1.29, 1.82) is 0 Å². The van der Waals surface area contributed by atoms with Crippen molar-refractivity contribution in [3.05, 3.63) is 35.9 Å². The normalized spacial score (nSPS) is 27.4. The summed E-state index contributed by atoms with van der Waals surface area (Å²) in [6.07, 6.45) is 4.16. The van der Waals surface area contributed by atoms with Gasteiger partial charge >= 0.3 is 0 Å². The van der Waals surface area contributed by atoms with Gasteiger partial charge in [-0.15, -0.1) is 0 Å². The van der Waals surface area contributed by atoms with Crippen LogP contribution in [-0.4, -0.2) is 42.5 Å². The van der Waals surface area contributed by atoms with Gasteiger partial charge in [-0.25, -0.2) is 0 Å².